The van der Waals surface area contributed by atoms with Crippen molar-refractivity contribution in [2.24, 2.45) is 11.3 Å². The zero-order valence-corrected chi connectivity index (χ0v) is 15.9. The molecule has 0 spiro atoms. The highest BCUT2D eigenvalue weighted by atomic mass is 16.1. The number of benzene rings is 1. The number of hydrogen-bond donors (Lipinski definition) is 0. The predicted octanol–water partition coefficient (Wildman–Crippen LogP) is 4.78. The Kier molecular flexibility index (Phi) is 3.80. The van der Waals surface area contributed by atoms with Gasteiger partial charge < -0.3 is 0 Å². The van der Waals surface area contributed by atoms with E-state index in [4.69, 9.17) is 5.10 Å². The van der Waals surface area contributed by atoms with Crippen LogP contribution in [0.25, 0.3) is 5.69 Å². The number of carbonyl (C=O) groups is 1. The average molecular weight is 347 g/mol. The Hall–Kier alpha value is -2.41. The summed E-state index contributed by atoms with van der Waals surface area (Å²) < 4.78 is 1.84. The number of fused-ring (bicyclic) bond motifs is 1. The van der Waals surface area contributed by atoms with Crippen molar-refractivity contribution in [2.75, 3.05) is 0 Å². The van der Waals surface area contributed by atoms with Crippen molar-refractivity contribution in [3.05, 3.63) is 46.8 Å². The lowest BCUT2D eigenvalue weighted by atomic mass is 9.67. The lowest BCUT2D eigenvalue weighted by Gasteiger charge is -2.33. The SMILES string of the molecule is CC(C)c1ccc(-n2nc(C3CC3)c3c2C(=O)C(C)(C)C(C#N)C3)cc1. The van der Waals surface area contributed by atoms with E-state index in [1.807, 2.05) is 18.5 Å². The first-order valence-corrected chi connectivity index (χ1v) is 9.51. The zero-order chi connectivity index (χ0) is 18.6. The molecule has 1 heterocycles. The smallest absolute Gasteiger partial charge is 0.188 e. The molecule has 4 rings (SSSR count). The van der Waals surface area contributed by atoms with Crippen LogP contribution in [-0.4, -0.2) is 15.6 Å². The number of Topliss-reactive ketones (excluding diaryl/α,β-unsaturated/α-hetero) is 1. The maximum Gasteiger partial charge on any atom is 0.188 e. The third-order valence-electron chi connectivity index (χ3n) is 6.02. The first kappa shape index (κ1) is 17.0. The van der Waals surface area contributed by atoms with Gasteiger partial charge >= 0.3 is 0 Å². The standard InChI is InChI=1S/C22H25N3O/c1-13(2)14-7-9-17(10-8-14)25-20-18(19(24-25)15-5-6-15)11-16(12-23)22(3,4)21(20)26/h7-10,13,15-16H,5-6,11H2,1-4H3. The van der Waals surface area contributed by atoms with Crippen LogP contribution in [0.4, 0.5) is 0 Å². The summed E-state index contributed by atoms with van der Waals surface area (Å²) in [4.78, 5) is 13.3. The third kappa shape index (κ3) is 2.49. The van der Waals surface area contributed by atoms with Gasteiger partial charge in [0.1, 0.15) is 5.69 Å². The molecule has 1 aromatic carbocycles. The third-order valence-corrected chi connectivity index (χ3v) is 6.02. The summed E-state index contributed by atoms with van der Waals surface area (Å²) in [7, 11) is 0. The van der Waals surface area contributed by atoms with E-state index in [-0.39, 0.29) is 11.7 Å². The van der Waals surface area contributed by atoms with Crippen LogP contribution >= 0.6 is 0 Å². The van der Waals surface area contributed by atoms with Crippen LogP contribution in [0, 0.1) is 22.7 Å². The monoisotopic (exact) mass is 347 g/mol. The molecule has 1 atom stereocenters. The Balaban J connectivity index is 1.87. The molecule has 134 valence electrons. The zero-order valence-electron chi connectivity index (χ0n) is 15.9. The molecule has 0 saturated heterocycles. The second kappa shape index (κ2) is 5.81. The van der Waals surface area contributed by atoms with Gasteiger partial charge in [0.2, 0.25) is 0 Å². The van der Waals surface area contributed by atoms with E-state index >= 15 is 0 Å². The van der Waals surface area contributed by atoms with E-state index in [1.54, 1.807) is 0 Å². The minimum absolute atomic E-state index is 0.0395. The van der Waals surface area contributed by atoms with Gasteiger partial charge in [-0.15, -0.1) is 0 Å². The second-order valence-corrected chi connectivity index (χ2v) is 8.58. The van der Waals surface area contributed by atoms with E-state index in [1.165, 1.54) is 5.56 Å². The quantitative estimate of drug-likeness (QED) is 0.803. The van der Waals surface area contributed by atoms with Gasteiger partial charge in [0.25, 0.3) is 0 Å². The largest absolute Gasteiger partial charge is 0.292 e. The molecular weight excluding hydrogens is 322 g/mol. The van der Waals surface area contributed by atoms with Crippen molar-refractivity contribution in [2.45, 2.75) is 58.8 Å². The highest BCUT2D eigenvalue weighted by molar-refractivity contribution is 6.02. The summed E-state index contributed by atoms with van der Waals surface area (Å²) in [5, 5.41) is 14.5. The van der Waals surface area contributed by atoms with Crippen LogP contribution in [-0.2, 0) is 6.42 Å². The van der Waals surface area contributed by atoms with Crippen LogP contribution in [0.1, 0.15) is 79.7 Å². The summed E-state index contributed by atoms with van der Waals surface area (Å²) >= 11 is 0. The Morgan fingerprint density at radius 1 is 1.23 bits per heavy atom. The highest BCUT2D eigenvalue weighted by Crippen LogP contribution is 2.47. The summed E-state index contributed by atoms with van der Waals surface area (Å²) in [6.45, 7) is 8.12. The van der Waals surface area contributed by atoms with E-state index < -0.39 is 5.41 Å². The lowest BCUT2D eigenvalue weighted by Crippen LogP contribution is -2.39. The van der Waals surface area contributed by atoms with Gasteiger partial charge in [0.15, 0.2) is 5.78 Å². The molecule has 2 aromatic rings. The first-order valence-electron chi connectivity index (χ1n) is 9.51. The average Bonchev–Trinajstić information content (AvgIpc) is 3.39. The van der Waals surface area contributed by atoms with Gasteiger partial charge in [-0.25, -0.2) is 4.68 Å². The number of hydrogen-bond acceptors (Lipinski definition) is 3. The van der Waals surface area contributed by atoms with Crippen LogP contribution in [0.15, 0.2) is 24.3 Å². The topological polar surface area (TPSA) is 58.7 Å². The molecular formula is C22H25N3O. The van der Waals surface area contributed by atoms with Crippen LogP contribution < -0.4 is 0 Å². The maximum atomic E-state index is 13.3. The van der Waals surface area contributed by atoms with E-state index in [9.17, 15) is 10.1 Å². The normalized spacial score (nSPS) is 21.5. The van der Waals surface area contributed by atoms with Crippen LogP contribution in [0.5, 0.6) is 0 Å². The Morgan fingerprint density at radius 2 is 1.88 bits per heavy atom. The van der Waals surface area contributed by atoms with Gasteiger partial charge in [0, 0.05) is 16.9 Å². The van der Waals surface area contributed by atoms with Crippen molar-refractivity contribution in [3.63, 3.8) is 0 Å². The number of aromatic nitrogens is 2. The minimum atomic E-state index is -0.682. The minimum Gasteiger partial charge on any atom is -0.292 e. The van der Waals surface area contributed by atoms with Crippen molar-refractivity contribution in [3.8, 4) is 11.8 Å². The second-order valence-electron chi connectivity index (χ2n) is 8.58. The molecule has 4 heteroatoms. The van der Waals surface area contributed by atoms with Gasteiger partial charge in [-0.3, -0.25) is 4.79 Å². The molecule has 2 aliphatic rings. The molecule has 0 bridgehead atoms. The highest BCUT2D eigenvalue weighted by Gasteiger charge is 2.47. The molecule has 1 aromatic heterocycles. The Labute approximate surface area is 154 Å². The Bertz CT molecular complexity index is 908. The van der Waals surface area contributed by atoms with Gasteiger partial charge in [-0.2, -0.15) is 10.4 Å². The van der Waals surface area contributed by atoms with Crippen molar-refractivity contribution in [1.82, 2.24) is 9.78 Å². The maximum absolute atomic E-state index is 13.3. The van der Waals surface area contributed by atoms with Gasteiger partial charge in [-0.1, -0.05) is 39.8 Å². The molecule has 1 fully saturated rings. The molecule has 0 radical (unpaired) electrons. The predicted molar refractivity (Wildman–Crippen MR) is 101 cm³/mol. The molecule has 0 N–H and O–H groups in total. The number of nitrogens with zero attached hydrogens (tertiary/aromatic N) is 3. The van der Waals surface area contributed by atoms with Crippen LogP contribution in [0.3, 0.4) is 0 Å². The number of carbonyl (C=O) groups excluding carboxylic acids is 1. The summed E-state index contributed by atoms with van der Waals surface area (Å²) in [5.41, 5.74) is 4.26. The van der Waals surface area contributed by atoms with E-state index in [2.05, 4.69) is 44.2 Å². The van der Waals surface area contributed by atoms with Crippen molar-refractivity contribution in [1.29, 1.82) is 5.26 Å². The summed E-state index contributed by atoms with van der Waals surface area (Å²) in [6.07, 6.45) is 2.88. The fraction of sp³-hybridized carbons (Fsp3) is 0.500. The number of nitriles is 1. The van der Waals surface area contributed by atoms with E-state index in [0.717, 1.165) is 29.8 Å². The van der Waals surface area contributed by atoms with Crippen LogP contribution in [0.2, 0.25) is 0 Å². The molecule has 1 saturated carbocycles. The van der Waals surface area contributed by atoms with E-state index in [0.29, 0.717) is 24.0 Å². The summed E-state index contributed by atoms with van der Waals surface area (Å²) in [5.74, 6) is 0.668. The fourth-order valence-electron chi connectivity index (χ4n) is 3.90. The van der Waals surface area contributed by atoms with Crippen molar-refractivity contribution >= 4 is 5.78 Å². The summed E-state index contributed by atoms with van der Waals surface area (Å²) in [6, 6.07) is 10.7. The lowest BCUT2D eigenvalue weighted by molar-refractivity contribution is 0.0752. The molecule has 26 heavy (non-hydrogen) atoms. The van der Waals surface area contributed by atoms with Gasteiger partial charge in [0.05, 0.1) is 23.4 Å². The number of ketones is 1. The van der Waals surface area contributed by atoms with Gasteiger partial charge in [-0.05, 0) is 42.9 Å². The van der Waals surface area contributed by atoms with Crippen molar-refractivity contribution < 1.29 is 4.79 Å². The fourth-order valence-corrected chi connectivity index (χ4v) is 3.90. The molecule has 0 amide bonds. The molecule has 2 aliphatic carbocycles. The number of rotatable bonds is 3. The first-order chi connectivity index (χ1) is 12.3. The molecule has 0 aliphatic heterocycles. The molecule has 4 nitrogen and oxygen atoms in total. The Morgan fingerprint density at radius 3 is 2.42 bits per heavy atom. The molecule has 1 unspecified atom stereocenters.